The molecule has 8 nitrogen and oxygen atoms in total. The Hall–Kier alpha value is -3.48. The number of alkyl halides is 8. The molecular weight excluding hydrogens is 466 g/mol. The van der Waals surface area contributed by atoms with Gasteiger partial charge in [0.05, 0.1) is 0 Å². The molecular formula is C16H13F8N3O5. The van der Waals surface area contributed by atoms with Crippen molar-refractivity contribution >= 4 is 11.9 Å². The molecule has 0 saturated heterocycles. The Bertz CT molecular complexity index is 862. The highest BCUT2D eigenvalue weighted by Crippen LogP contribution is 2.41. The number of rotatable bonds is 7. The summed E-state index contributed by atoms with van der Waals surface area (Å²) < 4.78 is 106. The predicted octanol–water partition coefficient (Wildman–Crippen LogP) is 2.98. The molecule has 0 aliphatic carbocycles. The normalized spacial score (nSPS) is 13.0. The maximum Gasteiger partial charge on any atom is 0.457 e. The SMILES string of the molecule is N#Cc1ccc(C(F)(F)F)nc1OC(CCN)C(F)(F)C(F)(F)F.O=C(O)/C=C/C(=O)O. The molecule has 0 spiro atoms. The molecule has 16 heteroatoms. The number of nitriles is 1. The Morgan fingerprint density at radius 1 is 1.09 bits per heavy atom. The van der Waals surface area contributed by atoms with Crippen LogP contribution >= 0.6 is 0 Å². The largest absolute Gasteiger partial charge is 0.478 e. The highest BCUT2D eigenvalue weighted by atomic mass is 19.4. The maximum absolute atomic E-state index is 13.4. The minimum atomic E-state index is -6.03. The fraction of sp³-hybridized carbons (Fsp3) is 0.375. The van der Waals surface area contributed by atoms with Gasteiger partial charge in [-0.25, -0.2) is 14.6 Å². The molecule has 0 amide bonds. The lowest BCUT2D eigenvalue weighted by molar-refractivity contribution is -0.309. The van der Waals surface area contributed by atoms with Gasteiger partial charge in [-0.3, -0.25) is 0 Å². The summed E-state index contributed by atoms with van der Waals surface area (Å²) in [5, 5.41) is 24.4. The first kappa shape index (κ1) is 28.5. The quantitative estimate of drug-likeness (QED) is 0.400. The second-order valence-electron chi connectivity index (χ2n) is 5.47. The average molecular weight is 479 g/mol. The highest BCUT2D eigenvalue weighted by molar-refractivity contribution is 5.89. The summed E-state index contributed by atoms with van der Waals surface area (Å²) in [6.07, 6.45) is -13.9. The molecule has 0 fully saturated rings. The van der Waals surface area contributed by atoms with Crippen LogP contribution in [0.5, 0.6) is 5.88 Å². The van der Waals surface area contributed by atoms with Gasteiger partial charge in [0.1, 0.15) is 17.3 Å². The van der Waals surface area contributed by atoms with Crippen molar-refractivity contribution < 1.29 is 59.7 Å². The fourth-order valence-electron chi connectivity index (χ4n) is 1.70. The number of ether oxygens (including phenoxy) is 1. The second-order valence-corrected chi connectivity index (χ2v) is 5.47. The van der Waals surface area contributed by atoms with Gasteiger partial charge in [-0.2, -0.15) is 40.4 Å². The zero-order chi connectivity index (χ0) is 25.3. The number of carbonyl (C=O) groups is 2. The van der Waals surface area contributed by atoms with E-state index in [1.54, 1.807) is 0 Å². The zero-order valence-corrected chi connectivity index (χ0v) is 15.4. The predicted molar refractivity (Wildman–Crippen MR) is 87.5 cm³/mol. The standard InChI is InChI=1S/C12H9F8N3O.C4H4O4/c13-10(14,12(18,19)20)8(3-4-21)24-9-6(5-22)1-2-7(23-9)11(15,16)17;5-3(6)1-2-4(7)8/h1-2,8H,3-4,21H2;1-2H,(H,5,6)(H,7,8)/b;2-1+. The molecule has 0 aromatic carbocycles. The monoisotopic (exact) mass is 479 g/mol. The summed E-state index contributed by atoms with van der Waals surface area (Å²) in [6.45, 7) is -0.669. The van der Waals surface area contributed by atoms with Gasteiger partial charge in [0, 0.05) is 18.6 Å². The molecule has 1 unspecified atom stereocenters. The van der Waals surface area contributed by atoms with Crippen molar-refractivity contribution in [3.8, 4) is 11.9 Å². The van der Waals surface area contributed by atoms with Crippen molar-refractivity contribution in [3.63, 3.8) is 0 Å². The van der Waals surface area contributed by atoms with E-state index in [1.807, 2.05) is 0 Å². The van der Waals surface area contributed by atoms with Gasteiger partial charge in [-0.1, -0.05) is 0 Å². The summed E-state index contributed by atoms with van der Waals surface area (Å²) >= 11 is 0. The molecule has 0 bridgehead atoms. The summed E-state index contributed by atoms with van der Waals surface area (Å²) in [7, 11) is 0. The van der Waals surface area contributed by atoms with Crippen LogP contribution in [0, 0.1) is 11.3 Å². The van der Waals surface area contributed by atoms with E-state index >= 15 is 0 Å². The van der Waals surface area contributed by atoms with E-state index < -0.39 is 66.4 Å². The van der Waals surface area contributed by atoms with Crippen LogP contribution in [0.2, 0.25) is 0 Å². The van der Waals surface area contributed by atoms with Gasteiger partial charge in [0.15, 0.2) is 6.10 Å². The van der Waals surface area contributed by atoms with Gasteiger partial charge >= 0.3 is 30.2 Å². The van der Waals surface area contributed by atoms with E-state index in [4.69, 9.17) is 21.2 Å². The zero-order valence-electron chi connectivity index (χ0n) is 15.4. The lowest BCUT2D eigenvalue weighted by Crippen LogP contribution is -2.50. The molecule has 0 saturated carbocycles. The van der Waals surface area contributed by atoms with Crippen LogP contribution in [0.1, 0.15) is 17.7 Å². The van der Waals surface area contributed by atoms with E-state index in [1.165, 1.54) is 6.07 Å². The molecule has 1 aromatic heterocycles. The maximum atomic E-state index is 13.4. The van der Waals surface area contributed by atoms with Crippen LogP contribution in [0.4, 0.5) is 35.1 Å². The van der Waals surface area contributed by atoms with Crippen molar-refractivity contribution in [1.82, 2.24) is 4.98 Å². The number of carboxylic acids is 2. The Kier molecular flexibility index (Phi) is 10.0. The number of aromatic nitrogens is 1. The minimum absolute atomic E-state index is 0.366. The number of hydrogen-bond acceptors (Lipinski definition) is 6. The molecule has 1 aromatic rings. The highest BCUT2D eigenvalue weighted by Gasteiger charge is 2.63. The third kappa shape index (κ3) is 8.71. The number of halogens is 8. The Morgan fingerprint density at radius 3 is 1.94 bits per heavy atom. The van der Waals surface area contributed by atoms with Crippen LogP contribution in [0.3, 0.4) is 0 Å². The van der Waals surface area contributed by atoms with Crippen molar-refractivity contribution in [1.29, 1.82) is 5.26 Å². The Morgan fingerprint density at radius 2 is 1.59 bits per heavy atom. The summed E-state index contributed by atoms with van der Waals surface area (Å²) in [4.78, 5) is 21.9. The summed E-state index contributed by atoms with van der Waals surface area (Å²) in [5.74, 6) is -9.20. The van der Waals surface area contributed by atoms with Crippen molar-refractivity contribution in [2.24, 2.45) is 5.73 Å². The first-order valence-electron chi connectivity index (χ1n) is 7.90. The van der Waals surface area contributed by atoms with Gasteiger partial charge in [-0.05, 0) is 18.7 Å². The van der Waals surface area contributed by atoms with E-state index in [0.717, 1.165) is 0 Å². The summed E-state index contributed by atoms with van der Waals surface area (Å²) in [5.41, 5.74) is 2.60. The Balaban J connectivity index is 0.00000102. The first-order chi connectivity index (χ1) is 14.5. The molecule has 0 radical (unpaired) electrons. The van der Waals surface area contributed by atoms with Crippen molar-refractivity contribution in [2.75, 3.05) is 6.54 Å². The summed E-state index contributed by atoms with van der Waals surface area (Å²) in [6, 6.07) is 2.22. The van der Waals surface area contributed by atoms with Crippen molar-refractivity contribution in [3.05, 3.63) is 35.5 Å². The van der Waals surface area contributed by atoms with Gasteiger partial charge < -0.3 is 20.7 Å². The van der Waals surface area contributed by atoms with Crippen LogP contribution in [-0.2, 0) is 15.8 Å². The molecule has 0 aliphatic heterocycles. The number of aliphatic carboxylic acids is 2. The van der Waals surface area contributed by atoms with E-state index in [0.29, 0.717) is 24.3 Å². The van der Waals surface area contributed by atoms with Gasteiger partial charge in [0.25, 0.3) is 0 Å². The topological polar surface area (TPSA) is 147 Å². The van der Waals surface area contributed by atoms with E-state index in [-0.39, 0.29) is 0 Å². The number of hydrogen-bond donors (Lipinski definition) is 3. The molecule has 32 heavy (non-hydrogen) atoms. The van der Waals surface area contributed by atoms with Crippen LogP contribution in [-0.4, -0.2) is 51.9 Å². The number of pyridine rings is 1. The minimum Gasteiger partial charge on any atom is -0.478 e. The van der Waals surface area contributed by atoms with Crippen molar-refractivity contribution in [2.45, 2.75) is 30.8 Å². The smallest absolute Gasteiger partial charge is 0.457 e. The first-order valence-corrected chi connectivity index (χ1v) is 7.90. The van der Waals surface area contributed by atoms with E-state index in [9.17, 15) is 44.7 Å². The molecule has 1 atom stereocenters. The average Bonchev–Trinajstić information content (AvgIpc) is 2.64. The Labute approximate surface area is 173 Å². The van der Waals surface area contributed by atoms with Gasteiger partial charge in [0.2, 0.25) is 5.88 Å². The van der Waals surface area contributed by atoms with Gasteiger partial charge in [-0.15, -0.1) is 0 Å². The number of nitrogens with two attached hydrogens (primary N) is 1. The lowest BCUT2D eigenvalue weighted by Gasteiger charge is -2.28. The number of nitrogens with zero attached hydrogens (tertiary/aromatic N) is 2. The van der Waals surface area contributed by atoms with Crippen LogP contribution < -0.4 is 10.5 Å². The third-order valence-corrected chi connectivity index (χ3v) is 3.10. The van der Waals surface area contributed by atoms with Crippen LogP contribution in [0.15, 0.2) is 24.3 Å². The number of carboxylic acid groups (broad SMARTS) is 2. The third-order valence-electron chi connectivity index (χ3n) is 3.10. The van der Waals surface area contributed by atoms with Crippen LogP contribution in [0.25, 0.3) is 0 Å². The fourth-order valence-corrected chi connectivity index (χ4v) is 1.70. The molecule has 1 rings (SSSR count). The molecule has 0 aliphatic rings. The lowest BCUT2D eigenvalue weighted by atomic mass is 10.1. The molecule has 4 N–H and O–H groups in total. The molecule has 178 valence electrons. The molecule has 1 heterocycles. The second kappa shape index (κ2) is 11.2. The van der Waals surface area contributed by atoms with E-state index in [2.05, 4.69) is 9.72 Å².